The molecule has 116 valence electrons. The van der Waals surface area contributed by atoms with Crippen LogP contribution in [-0.4, -0.2) is 10.8 Å². The van der Waals surface area contributed by atoms with Crippen LogP contribution in [-0.2, 0) is 17.6 Å². The van der Waals surface area contributed by atoms with E-state index in [9.17, 15) is 10.1 Å². The SMILES string of the molecule is CCc1ccc(CCC(=O)C(C#N)c2nc3ccccc3s2)o1. The fraction of sp³-hybridized carbons (Fsp3) is 0.278. The molecule has 0 saturated carbocycles. The summed E-state index contributed by atoms with van der Waals surface area (Å²) in [5.41, 5.74) is 0.833. The molecule has 1 atom stereocenters. The number of aryl methyl sites for hydroxylation is 2. The number of rotatable bonds is 6. The molecule has 0 fully saturated rings. The van der Waals surface area contributed by atoms with Crippen LogP contribution in [0.2, 0.25) is 0 Å². The highest BCUT2D eigenvalue weighted by Crippen LogP contribution is 2.28. The van der Waals surface area contributed by atoms with Crippen LogP contribution in [0.4, 0.5) is 0 Å². The van der Waals surface area contributed by atoms with Gasteiger partial charge in [0.25, 0.3) is 0 Å². The number of nitrogens with zero attached hydrogens (tertiary/aromatic N) is 2. The first kappa shape index (κ1) is 15.4. The maximum atomic E-state index is 12.4. The lowest BCUT2D eigenvalue weighted by atomic mass is 10.0. The van der Waals surface area contributed by atoms with Gasteiger partial charge >= 0.3 is 0 Å². The van der Waals surface area contributed by atoms with E-state index in [4.69, 9.17) is 4.42 Å². The summed E-state index contributed by atoms with van der Waals surface area (Å²) in [6.07, 6.45) is 1.63. The summed E-state index contributed by atoms with van der Waals surface area (Å²) in [5.74, 6) is 0.792. The summed E-state index contributed by atoms with van der Waals surface area (Å²) in [6, 6.07) is 13.6. The van der Waals surface area contributed by atoms with E-state index < -0.39 is 5.92 Å². The molecular weight excluding hydrogens is 308 g/mol. The van der Waals surface area contributed by atoms with Crippen molar-refractivity contribution in [2.45, 2.75) is 32.1 Å². The first-order valence-electron chi connectivity index (χ1n) is 7.56. The zero-order valence-corrected chi connectivity index (χ0v) is 13.6. The van der Waals surface area contributed by atoms with Crippen molar-refractivity contribution >= 4 is 27.3 Å². The quantitative estimate of drug-likeness (QED) is 0.679. The molecule has 2 heterocycles. The van der Waals surface area contributed by atoms with Crippen molar-refractivity contribution in [2.24, 2.45) is 0 Å². The van der Waals surface area contributed by atoms with Gasteiger partial charge in [-0.3, -0.25) is 4.79 Å². The fourth-order valence-electron chi connectivity index (χ4n) is 2.42. The molecule has 0 aliphatic heterocycles. The Morgan fingerprint density at radius 1 is 1.30 bits per heavy atom. The normalized spacial score (nSPS) is 12.2. The molecule has 0 aliphatic rings. The van der Waals surface area contributed by atoms with Crippen molar-refractivity contribution in [3.8, 4) is 6.07 Å². The number of para-hydroxylation sites is 1. The number of furan rings is 1. The zero-order chi connectivity index (χ0) is 16.2. The third-order valence-corrected chi connectivity index (χ3v) is 4.79. The Morgan fingerprint density at radius 3 is 2.78 bits per heavy atom. The Labute approximate surface area is 138 Å². The summed E-state index contributed by atoms with van der Waals surface area (Å²) in [5, 5.41) is 9.96. The van der Waals surface area contributed by atoms with E-state index in [1.54, 1.807) is 0 Å². The van der Waals surface area contributed by atoms with Crippen molar-refractivity contribution < 1.29 is 9.21 Å². The molecule has 0 bridgehead atoms. The fourth-order valence-corrected chi connectivity index (χ4v) is 3.45. The summed E-state index contributed by atoms with van der Waals surface area (Å²) < 4.78 is 6.60. The monoisotopic (exact) mass is 324 g/mol. The van der Waals surface area contributed by atoms with E-state index in [2.05, 4.69) is 11.1 Å². The molecule has 1 unspecified atom stereocenters. The highest BCUT2D eigenvalue weighted by atomic mass is 32.1. The van der Waals surface area contributed by atoms with Crippen molar-refractivity contribution in [3.63, 3.8) is 0 Å². The van der Waals surface area contributed by atoms with Gasteiger partial charge in [-0.25, -0.2) is 4.98 Å². The topological polar surface area (TPSA) is 66.9 Å². The number of carbonyl (C=O) groups is 1. The number of benzene rings is 1. The van der Waals surface area contributed by atoms with Crippen LogP contribution >= 0.6 is 11.3 Å². The van der Waals surface area contributed by atoms with E-state index in [0.29, 0.717) is 11.4 Å². The van der Waals surface area contributed by atoms with Crippen molar-refractivity contribution in [1.82, 2.24) is 4.98 Å². The minimum Gasteiger partial charge on any atom is -0.466 e. The van der Waals surface area contributed by atoms with Crippen molar-refractivity contribution in [2.75, 3.05) is 0 Å². The number of fused-ring (bicyclic) bond motifs is 1. The van der Waals surface area contributed by atoms with Crippen LogP contribution in [0.3, 0.4) is 0 Å². The molecule has 0 aliphatic carbocycles. The molecule has 2 aromatic heterocycles. The lowest BCUT2D eigenvalue weighted by molar-refractivity contribution is -0.119. The van der Waals surface area contributed by atoms with Crippen LogP contribution in [0, 0.1) is 11.3 Å². The molecule has 3 aromatic rings. The van der Waals surface area contributed by atoms with Crippen molar-refractivity contribution in [3.05, 3.63) is 52.9 Å². The first-order valence-corrected chi connectivity index (χ1v) is 8.38. The minimum absolute atomic E-state index is 0.110. The number of Topliss-reactive ketones (excluding diaryl/α,β-unsaturated/α-hetero) is 1. The molecular formula is C18H16N2O2S. The largest absolute Gasteiger partial charge is 0.466 e. The Balaban J connectivity index is 1.72. The lowest BCUT2D eigenvalue weighted by Gasteiger charge is -2.03. The molecule has 1 aromatic carbocycles. The third kappa shape index (κ3) is 3.33. The number of aromatic nitrogens is 1. The van der Waals surface area contributed by atoms with Gasteiger partial charge in [0.2, 0.25) is 0 Å². The Hall–Kier alpha value is -2.45. The average molecular weight is 324 g/mol. The molecule has 0 saturated heterocycles. The van der Waals surface area contributed by atoms with Crippen LogP contribution in [0.1, 0.15) is 35.8 Å². The molecule has 0 amide bonds. The predicted octanol–water partition coefficient (Wildman–Crippen LogP) is 4.26. The van der Waals surface area contributed by atoms with Gasteiger partial charge in [0.1, 0.15) is 16.5 Å². The van der Waals surface area contributed by atoms with Gasteiger partial charge in [0.15, 0.2) is 11.7 Å². The minimum atomic E-state index is -0.798. The Kier molecular flexibility index (Phi) is 4.54. The second-order valence-electron chi connectivity index (χ2n) is 5.27. The molecule has 23 heavy (non-hydrogen) atoms. The highest BCUT2D eigenvalue weighted by molar-refractivity contribution is 7.18. The summed E-state index contributed by atoms with van der Waals surface area (Å²) in [7, 11) is 0. The van der Waals surface area contributed by atoms with Gasteiger partial charge in [0, 0.05) is 19.3 Å². The molecule has 4 nitrogen and oxygen atoms in total. The summed E-state index contributed by atoms with van der Waals surface area (Å²) in [6.45, 7) is 2.02. The van der Waals surface area contributed by atoms with Crippen molar-refractivity contribution in [1.29, 1.82) is 5.26 Å². The molecule has 0 spiro atoms. The Morgan fingerprint density at radius 2 is 2.09 bits per heavy atom. The summed E-state index contributed by atoms with van der Waals surface area (Å²) >= 11 is 1.41. The third-order valence-electron chi connectivity index (χ3n) is 3.69. The second-order valence-corrected chi connectivity index (χ2v) is 6.33. The van der Waals surface area contributed by atoms with Crippen LogP contribution < -0.4 is 0 Å². The van der Waals surface area contributed by atoms with Crippen LogP contribution in [0.5, 0.6) is 0 Å². The number of ketones is 1. The number of thiazole rings is 1. The molecule has 5 heteroatoms. The van der Waals surface area contributed by atoms with E-state index in [1.807, 2.05) is 43.3 Å². The van der Waals surface area contributed by atoms with E-state index in [1.165, 1.54) is 11.3 Å². The van der Waals surface area contributed by atoms with E-state index in [0.717, 1.165) is 28.2 Å². The molecule has 0 N–H and O–H groups in total. The van der Waals surface area contributed by atoms with E-state index in [-0.39, 0.29) is 12.2 Å². The smallest absolute Gasteiger partial charge is 0.157 e. The number of nitriles is 1. The van der Waals surface area contributed by atoms with Gasteiger partial charge in [-0.2, -0.15) is 5.26 Å². The second kappa shape index (κ2) is 6.76. The Bertz CT molecular complexity index is 839. The lowest BCUT2D eigenvalue weighted by Crippen LogP contribution is -2.11. The summed E-state index contributed by atoms with van der Waals surface area (Å²) in [4.78, 5) is 16.8. The zero-order valence-electron chi connectivity index (χ0n) is 12.8. The first-order chi connectivity index (χ1) is 11.2. The maximum Gasteiger partial charge on any atom is 0.157 e. The molecule has 3 rings (SSSR count). The number of hydrogen-bond donors (Lipinski definition) is 0. The van der Waals surface area contributed by atoms with Gasteiger partial charge in [-0.1, -0.05) is 19.1 Å². The van der Waals surface area contributed by atoms with Gasteiger partial charge in [-0.15, -0.1) is 11.3 Å². The maximum absolute atomic E-state index is 12.4. The van der Waals surface area contributed by atoms with Gasteiger partial charge in [0.05, 0.1) is 16.3 Å². The van der Waals surface area contributed by atoms with E-state index >= 15 is 0 Å². The highest BCUT2D eigenvalue weighted by Gasteiger charge is 2.24. The standard InChI is InChI=1S/C18H16N2O2S/c1-2-12-7-8-13(22-12)9-10-16(21)14(11-19)18-20-15-5-3-4-6-17(15)23-18/h3-8,14H,2,9-10H2,1H3. The predicted molar refractivity (Wildman–Crippen MR) is 89.4 cm³/mol. The van der Waals surface area contributed by atoms with Crippen LogP contribution in [0.25, 0.3) is 10.2 Å². The average Bonchev–Trinajstić information content (AvgIpc) is 3.20. The number of carbonyl (C=O) groups excluding carboxylic acids is 1. The number of hydrogen-bond acceptors (Lipinski definition) is 5. The molecule has 0 radical (unpaired) electrons. The van der Waals surface area contributed by atoms with Gasteiger partial charge < -0.3 is 4.42 Å². The van der Waals surface area contributed by atoms with Crippen LogP contribution in [0.15, 0.2) is 40.8 Å². The van der Waals surface area contributed by atoms with Gasteiger partial charge in [-0.05, 0) is 24.3 Å².